The zero-order valence-electron chi connectivity index (χ0n) is 9.92. The fourth-order valence-electron chi connectivity index (χ4n) is 1.45. The third-order valence-corrected chi connectivity index (χ3v) is 2.09. The van der Waals surface area contributed by atoms with Crippen LogP contribution in [0.25, 0.3) is 0 Å². The molecule has 1 heterocycles. The predicted octanol–water partition coefficient (Wildman–Crippen LogP) is 0.786. The Morgan fingerprint density at radius 3 is 2.71 bits per heavy atom. The van der Waals surface area contributed by atoms with E-state index in [9.17, 15) is 9.59 Å². The van der Waals surface area contributed by atoms with E-state index in [1.165, 1.54) is 11.2 Å². The molecule has 0 radical (unpaired) electrons. The highest BCUT2D eigenvalue weighted by atomic mass is 16.5. The number of aliphatic carboxylic acids is 1. The maximum atomic E-state index is 11.9. The highest BCUT2D eigenvalue weighted by Crippen LogP contribution is 2.04. The molecule has 0 atom stereocenters. The Labute approximate surface area is 99.2 Å². The number of carbonyl (C=O) groups is 2. The number of nitrogens with zero attached hydrogens (tertiary/aromatic N) is 2. The summed E-state index contributed by atoms with van der Waals surface area (Å²) in [7, 11) is 0. The third-order valence-electron chi connectivity index (χ3n) is 2.09. The van der Waals surface area contributed by atoms with Gasteiger partial charge in [-0.25, -0.2) is 0 Å². The summed E-state index contributed by atoms with van der Waals surface area (Å²) in [5.74, 6) is -1.05. The van der Waals surface area contributed by atoms with Crippen LogP contribution >= 0.6 is 0 Å². The lowest BCUT2D eigenvalue weighted by atomic mass is 10.2. The Bertz CT molecular complexity index is 373. The minimum absolute atomic E-state index is 0.0660. The lowest BCUT2D eigenvalue weighted by molar-refractivity contribution is -0.144. The first-order chi connectivity index (χ1) is 7.99. The predicted molar refractivity (Wildman–Crippen MR) is 59.3 cm³/mol. The van der Waals surface area contributed by atoms with E-state index in [0.29, 0.717) is 12.2 Å². The maximum Gasteiger partial charge on any atom is 0.323 e. The van der Waals surface area contributed by atoms with Crippen molar-refractivity contribution in [2.75, 3.05) is 13.1 Å². The van der Waals surface area contributed by atoms with Crippen molar-refractivity contribution in [2.24, 2.45) is 5.92 Å². The summed E-state index contributed by atoms with van der Waals surface area (Å²) < 4.78 is 4.62. The molecule has 1 aromatic rings. The van der Waals surface area contributed by atoms with Crippen LogP contribution in [-0.4, -0.2) is 40.1 Å². The van der Waals surface area contributed by atoms with Gasteiger partial charge in [-0.2, -0.15) is 0 Å². The quantitative estimate of drug-likeness (QED) is 0.794. The van der Waals surface area contributed by atoms with E-state index in [4.69, 9.17) is 5.11 Å². The standard InChI is InChI=1S/C11H16N2O4/c1-8(2)6-13(7-11(15)16)10(14)5-9-3-4-17-12-9/h3-4,8H,5-7H2,1-2H3,(H,15,16). The molecule has 1 rings (SSSR count). The van der Waals surface area contributed by atoms with Crippen LogP contribution in [0.3, 0.4) is 0 Å². The van der Waals surface area contributed by atoms with E-state index in [1.807, 2.05) is 13.8 Å². The van der Waals surface area contributed by atoms with Crippen molar-refractivity contribution in [2.45, 2.75) is 20.3 Å². The first kappa shape index (κ1) is 13.2. The van der Waals surface area contributed by atoms with Crippen molar-refractivity contribution >= 4 is 11.9 Å². The summed E-state index contributed by atoms with van der Waals surface area (Å²) in [6.07, 6.45) is 1.45. The van der Waals surface area contributed by atoms with Gasteiger partial charge in [0.25, 0.3) is 0 Å². The Balaban J connectivity index is 2.61. The van der Waals surface area contributed by atoms with Crippen molar-refractivity contribution in [1.82, 2.24) is 10.1 Å². The van der Waals surface area contributed by atoms with E-state index in [2.05, 4.69) is 9.68 Å². The van der Waals surface area contributed by atoms with Crippen LogP contribution in [0.15, 0.2) is 16.9 Å². The second kappa shape index (κ2) is 6.03. The van der Waals surface area contributed by atoms with Crippen molar-refractivity contribution in [3.05, 3.63) is 18.0 Å². The molecule has 6 heteroatoms. The molecule has 0 saturated heterocycles. The summed E-state index contributed by atoms with van der Waals surface area (Å²) in [5.41, 5.74) is 0.508. The summed E-state index contributed by atoms with van der Waals surface area (Å²) in [6, 6.07) is 1.59. The van der Waals surface area contributed by atoms with Crippen molar-refractivity contribution in [3.63, 3.8) is 0 Å². The Morgan fingerprint density at radius 1 is 1.53 bits per heavy atom. The van der Waals surface area contributed by atoms with Crippen molar-refractivity contribution in [3.8, 4) is 0 Å². The smallest absolute Gasteiger partial charge is 0.323 e. The van der Waals surface area contributed by atoms with Gasteiger partial charge in [0.2, 0.25) is 5.91 Å². The molecule has 0 aliphatic rings. The van der Waals surface area contributed by atoms with Crippen LogP contribution in [0.2, 0.25) is 0 Å². The van der Waals surface area contributed by atoms with E-state index >= 15 is 0 Å². The van der Waals surface area contributed by atoms with E-state index < -0.39 is 5.97 Å². The number of carbonyl (C=O) groups excluding carboxylic acids is 1. The molecule has 6 nitrogen and oxygen atoms in total. The van der Waals surface area contributed by atoms with Crippen LogP contribution in [0.5, 0.6) is 0 Å². The Kier molecular flexibility index (Phi) is 4.68. The number of carboxylic acids is 1. The molecule has 0 aliphatic carbocycles. The van der Waals surface area contributed by atoms with Gasteiger partial charge in [-0.05, 0) is 5.92 Å². The molecule has 1 N–H and O–H groups in total. The molecule has 0 aromatic carbocycles. The Morgan fingerprint density at radius 2 is 2.24 bits per heavy atom. The van der Waals surface area contributed by atoms with Crippen LogP contribution in [0, 0.1) is 5.92 Å². The highest BCUT2D eigenvalue weighted by molar-refractivity contribution is 5.82. The number of rotatable bonds is 6. The van der Waals surface area contributed by atoms with Crippen molar-refractivity contribution in [1.29, 1.82) is 0 Å². The third kappa shape index (κ3) is 4.67. The average Bonchev–Trinajstić information content (AvgIpc) is 2.67. The van der Waals surface area contributed by atoms with Crippen LogP contribution in [0.4, 0.5) is 0 Å². The van der Waals surface area contributed by atoms with Gasteiger partial charge in [0.15, 0.2) is 0 Å². The summed E-state index contributed by atoms with van der Waals surface area (Å²) in [4.78, 5) is 23.9. The van der Waals surface area contributed by atoms with Crippen LogP contribution in [0.1, 0.15) is 19.5 Å². The molecule has 0 spiro atoms. The minimum Gasteiger partial charge on any atom is -0.480 e. The zero-order valence-corrected chi connectivity index (χ0v) is 9.92. The molecule has 1 amide bonds. The van der Waals surface area contributed by atoms with Gasteiger partial charge in [0, 0.05) is 12.6 Å². The number of hydrogen-bond donors (Lipinski definition) is 1. The van der Waals surface area contributed by atoms with E-state index in [-0.39, 0.29) is 24.8 Å². The van der Waals surface area contributed by atoms with Gasteiger partial charge in [-0.1, -0.05) is 19.0 Å². The molecule has 0 fully saturated rings. The number of hydrogen-bond acceptors (Lipinski definition) is 4. The van der Waals surface area contributed by atoms with Gasteiger partial charge >= 0.3 is 5.97 Å². The molecule has 0 bridgehead atoms. The second-order valence-electron chi connectivity index (χ2n) is 4.23. The Hall–Kier alpha value is -1.85. The van der Waals surface area contributed by atoms with Gasteiger partial charge in [0.05, 0.1) is 12.1 Å². The van der Waals surface area contributed by atoms with Crippen LogP contribution in [-0.2, 0) is 16.0 Å². The van der Waals surface area contributed by atoms with Crippen molar-refractivity contribution < 1.29 is 19.2 Å². The SMILES string of the molecule is CC(C)CN(CC(=O)O)C(=O)Cc1ccon1. The molecule has 1 aromatic heterocycles. The van der Waals surface area contributed by atoms with Gasteiger partial charge in [0.1, 0.15) is 12.8 Å². The first-order valence-electron chi connectivity index (χ1n) is 5.38. The first-order valence-corrected chi connectivity index (χ1v) is 5.38. The number of aromatic nitrogens is 1. The molecule has 0 aliphatic heterocycles. The summed E-state index contributed by atoms with van der Waals surface area (Å²) in [6.45, 7) is 3.99. The normalized spacial score (nSPS) is 10.5. The molecule has 0 unspecified atom stereocenters. The zero-order chi connectivity index (χ0) is 12.8. The fraction of sp³-hybridized carbons (Fsp3) is 0.545. The fourth-order valence-corrected chi connectivity index (χ4v) is 1.45. The second-order valence-corrected chi connectivity index (χ2v) is 4.23. The van der Waals surface area contributed by atoms with E-state index in [0.717, 1.165) is 0 Å². The highest BCUT2D eigenvalue weighted by Gasteiger charge is 2.18. The summed E-state index contributed by atoms with van der Waals surface area (Å²) >= 11 is 0. The van der Waals surface area contributed by atoms with Gasteiger partial charge in [-0.3, -0.25) is 9.59 Å². The lowest BCUT2D eigenvalue weighted by Crippen LogP contribution is -2.39. The van der Waals surface area contributed by atoms with Gasteiger partial charge in [-0.15, -0.1) is 0 Å². The molecular formula is C11H16N2O4. The topological polar surface area (TPSA) is 83.6 Å². The summed E-state index contributed by atoms with van der Waals surface area (Å²) in [5, 5.41) is 12.4. The van der Waals surface area contributed by atoms with Gasteiger partial charge < -0.3 is 14.5 Å². The lowest BCUT2D eigenvalue weighted by Gasteiger charge is -2.22. The molecule has 94 valence electrons. The largest absolute Gasteiger partial charge is 0.480 e. The van der Waals surface area contributed by atoms with E-state index in [1.54, 1.807) is 6.07 Å². The number of amides is 1. The maximum absolute atomic E-state index is 11.9. The minimum atomic E-state index is -1.01. The van der Waals surface area contributed by atoms with Crippen LogP contribution < -0.4 is 0 Å². The molecule has 17 heavy (non-hydrogen) atoms. The monoisotopic (exact) mass is 240 g/mol. The molecular weight excluding hydrogens is 224 g/mol. The molecule has 0 saturated carbocycles. The average molecular weight is 240 g/mol. The number of carboxylic acid groups (broad SMARTS) is 1.